The summed E-state index contributed by atoms with van der Waals surface area (Å²) in [5.74, 6) is 1.38. The summed E-state index contributed by atoms with van der Waals surface area (Å²) in [4.78, 5) is 23.4. The van der Waals surface area contributed by atoms with Gasteiger partial charge in [0.05, 0.1) is 5.69 Å². The van der Waals surface area contributed by atoms with Crippen LogP contribution in [-0.4, -0.2) is 39.9 Å². The number of aromatic nitrogens is 2. The summed E-state index contributed by atoms with van der Waals surface area (Å²) in [5.41, 5.74) is 2.26. The van der Waals surface area contributed by atoms with E-state index in [9.17, 15) is 4.79 Å². The number of hydrogen-bond donors (Lipinski definition) is 1. The minimum Gasteiger partial charge on any atom is -0.368 e. The Morgan fingerprint density at radius 1 is 1.23 bits per heavy atom. The van der Waals surface area contributed by atoms with Crippen LogP contribution in [0.2, 0.25) is 0 Å². The molecule has 1 aromatic heterocycles. The summed E-state index contributed by atoms with van der Waals surface area (Å²) in [6, 6.07) is 0.338. The molecule has 0 saturated carbocycles. The third-order valence-electron chi connectivity index (χ3n) is 4.38. The van der Waals surface area contributed by atoms with Crippen LogP contribution in [0.3, 0.4) is 0 Å². The molecule has 5 nitrogen and oxygen atoms in total. The molecule has 118 valence electrons. The molecule has 0 fully saturated rings. The van der Waals surface area contributed by atoms with E-state index in [-0.39, 0.29) is 5.92 Å². The van der Waals surface area contributed by atoms with Crippen LogP contribution in [0.1, 0.15) is 37.9 Å². The van der Waals surface area contributed by atoms with Crippen LogP contribution in [0.15, 0.2) is 18.5 Å². The van der Waals surface area contributed by atoms with E-state index in [1.807, 2.05) is 4.90 Å². The summed E-state index contributed by atoms with van der Waals surface area (Å²) in [6.07, 6.45) is 9.29. The first-order valence-electron chi connectivity index (χ1n) is 8.18. The molecule has 1 aliphatic heterocycles. The molecule has 1 amide bonds. The van der Waals surface area contributed by atoms with Crippen molar-refractivity contribution in [1.82, 2.24) is 14.9 Å². The number of hydrogen-bond acceptors (Lipinski definition) is 4. The van der Waals surface area contributed by atoms with Gasteiger partial charge in [-0.15, -0.1) is 0 Å². The smallest absolute Gasteiger partial charge is 0.226 e. The molecule has 0 radical (unpaired) electrons. The highest BCUT2D eigenvalue weighted by molar-refractivity contribution is 5.79. The fourth-order valence-electron chi connectivity index (χ4n) is 3.22. The van der Waals surface area contributed by atoms with E-state index in [4.69, 9.17) is 0 Å². The van der Waals surface area contributed by atoms with E-state index in [0.29, 0.717) is 11.9 Å². The maximum Gasteiger partial charge on any atom is 0.226 e. The molecule has 0 saturated heterocycles. The zero-order valence-electron chi connectivity index (χ0n) is 13.4. The van der Waals surface area contributed by atoms with Gasteiger partial charge in [-0.25, -0.2) is 9.97 Å². The fourth-order valence-corrected chi connectivity index (χ4v) is 3.22. The van der Waals surface area contributed by atoms with Crippen molar-refractivity contribution in [3.05, 3.63) is 29.7 Å². The van der Waals surface area contributed by atoms with Crippen molar-refractivity contribution in [1.29, 1.82) is 0 Å². The highest BCUT2D eigenvalue weighted by Gasteiger charge is 2.27. The van der Waals surface area contributed by atoms with Crippen molar-refractivity contribution in [2.45, 2.75) is 45.6 Å². The van der Waals surface area contributed by atoms with Crippen molar-refractivity contribution < 1.29 is 4.79 Å². The lowest BCUT2D eigenvalue weighted by atomic mass is 10.1. The number of carbonyl (C=O) groups is 1. The highest BCUT2D eigenvalue weighted by Crippen LogP contribution is 2.24. The molecule has 0 atom stereocenters. The summed E-state index contributed by atoms with van der Waals surface area (Å²) in [6.45, 7) is 5.74. The lowest BCUT2D eigenvalue weighted by Crippen LogP contribution is -2.37. The molecule has 0 aromatic carbocycles. The predicted octanol–water partition coefficient (Wildman–Crippen LogP) is 2.19. The van der Waals surface area contributed by atoms with Crippen molar-refractivity contribution in [3.63, 3.8) is 0 Å². The summed E-state index contributed by atoms with van der Waals surface area (Å²) in [7, 11) is 0. The summed E-state index contributed by atoms with van der Waals surface area (Å²) >= 11 is 0. The van der Waals surface area contributed by atoms with Gasteiger partial charge in [0, 0.05) is 37.0 Å². The van der Waals surface area contributed by atoms with E-state index in [1.165, 1.54) is 5.56 Å². The van der Waals surface area contributed by atoms with E-state index >= 15 is 0 Å². The zero-order chi connectivity index (χ0) is 15.5. The standard InChI is InChI=1S/C17H24N4O/c1-12(2)20-16-14-7-9-21(10-8-15(14)18-11-19-16)17(22)13-5-3-4-6-13/h3-4,11-13H,5-10H2,1-2H3,(H,18,19,20). The average Bonchev–Trinajstić information content (AvgIpc) is 2.93. The molecule has 0 bridgehead atoms. The van der Waals surface area contributed by atoms with Gasteiger partial charge in [0.1, 0.15) is 12.1 Å². The quantitative estimate of drug-likeness (QED) is 0.869. The first-order valence-corrected chi connectivity index (χ1v) is 8.18. The number of allylic oxidation sites excluding steroid dienone is 2. The Bertz CT molecular complexity index is 574. The maximum absolute atomic E-state index is 12.6. The topological polar surface area (TPSA) is 58.1 Å². The molecule has 1 N–H and O–H groups in total. The van der Waals surface area contributed by atoms with Gasteiger partial charge in [-0.2, -0.15) is 0 Å². The van der Waals surface area contributed by atoms with Crippen molar-refractivity contribution in [3.8, 4) is 0 Å². The molecule has 0 unspecified atom stereocenters. The molecular weight excluding hydrogens is 276 g/mol. The Balaban J connectivity index is 1.73. The Morgan fingerprint density at radius 3 is 2.68 bits per heavy atom. The second-order valence-corrected chi connectivity index (χ2v) is 6.41. The Hall–Kier alpha value is -1.91. The lowest BCUT2D eigenvalue weighted by molar-refractivity contribution is -0.135. The van der Waals surface area contributed by atoms with Crippen LogP contribution in [-0.2, 0) is 17.6 Å². The normalized spacial score (nSPS) is 18.4. The van der Waals surface area contributed by atoms with Crippen molar-refractivity contribution in [2.24, 2.45) is 5.92 Å². The monoisotopic (exact) mass is 300 g/mol. The van der Waals surface area contributed by atoms with Crippen LogP contribution in [0.5, 0.6) is 0 Å². The zero-order valence-corrected chi connectivity index (χ0v) is 13.4. The van der Waals surface area contributed by atoms with Crippen molar-refractivity contribution >= 4 is 11.7 Å². The lowest BCUT2D eigenvalue weighted by Gasteiger charge is -2.23. The molecular formula is C17H24N4O. The summed E-state index contributed by atoms with van der Waals surface area (Å²) in [5, 5.41) is 3.40. The number of anilines is 1. The first-order chi connectivity index (χ1) is 10.6. The van der Waals surface area contributed by atoms with Gasteiger partial charge < -0.3 is 10.2 Å². The number of nitrogens with zero attached hydrogens (tertiary/aromatic N) is 3. The maximum atomic E-state index is 12.6. The molecule has 1 aromatic rings. The SMILES string of the molecule is CC(C)Nc1ncnc2c1CCN(C(=O)C1CC=CC1)CC2. The largest absolute Gasteiger partial charge is 0.368 e. The van der Waals surface area contributed by atoms with E-state index in [1.54, 1.807) is 6.33 Å². The molecule has 2 aliphatic rings. The van der Waals surface area contributed by atoms with Gasteiger partial charge in [-0.3, -0.25) is 4.79 Å². The van der Waals surface area contributed by atoms with Gasteiger partial charge >= 0.3 is 0 Å². The second-order valence-electron chi connectivity index (χ2n) is 6.41. The molecule has 1 aliphatic carbocycles. The third kappa shape index (κ3) is 3.13. The van der Waals surface area contributed by atoms with Gasteiger partial charge in [0.2, 0.25) is 5.91 Å². The van der Waals surface area contributed by atoms with Crippen molar-refractivity contribution in [2.75, 3.05) is 18.4 Å². The number of fused-ring (bicyclic) bond motifs is 1. The van der Waals surface area contributed by atoms with E-state index < -0.39 is 0 Å². The van der Waals surface area contributed by atoms with Crippen LogP contribution in [0, 0.1) is 5.92 Å². The van der Waals surface area contributed by atoms with Crippen LogP contribution in [0.25, 0.3) is 0 Å². The molecule has 2 heterocycles. The average molecular weight is 300 g/mol. The van der Waals surface area contributed by atoms with Gasteiger partial charge in [0.15, 0.2) is 0 Å². The number of rotatable bonds is 3. The minimum atomic E-state index is 0.153. The van der Waals surface area contributed by atoms with Crippen LogP contribution >= 0.6 is 0 Å². The van der Waals surface area contributed by atoms with E-state index in [0.717, 1.165) is 50.3 Å². The number of nitrogens with one attached hydrogen (secondary N) is 1. The van der Waals surface area contributed by atoms with Gasteiger partial charge in [-0.05, 0) is 33.1 Å². The van der Waals surface area contributed by atoms with Crippen LogP contribution < -0.4 is 5.32 Å². The number of carbonyl (C=O) groups excluding carboxylic acids is 1. The van der Waals surface area contributed by atoms with Crippen LogP contribution in [0.4, 0.5) is 5.82 Å². The minimum absolute atomic E-state index is 0.153. The summed E-state index contributed by atoms with van der Waals surface area (Å²) < 4.78 is 0. The fraction of sp³-hybridized carbons (Fsp3) is 0.588. The molecule has 5 heteroatoms. The Morgan fingerprint density at radius 2 is 1.95 bits per heavy atom. The Labute approximate surface area is 131 Å². The molecule has 0 spiro atoms. The molecule has 3 rings (SSSR count). The predicted molar refractivity (Wildman–Crippen MR) is 86.6 cm³/mol. The highest BCUT2D eigenvalue weighted by atomic mass is 16.2. The number of amides is 1. The third-order valence-corrected chi connectivity index (χ3v) is 4.38. The van der Waals surface area contributed by atoms with Gasteiger partial charge in [-0.1, -0.05) is 12.2 Å². The van der Waals surface area contributed by atoms with E-state index in [2.05, 4.69) is 41.3 Å². The van der Waals surface area contributed by atoms with Gasteiger partial charge in [0.25, 0.3) is 0 Å². The first kappa shape index (κ1) is 15.0. The molecule has 22 heavy (non-hydrogen) atoms. The second kappa shape index (κ2) is 6.46. The Kier molecular flexibility index (Phi) is 4.41.